The van der Waals surface area contributed by atoms with Crippen LogP contribution in [-0.2, 0) is 0 Å². The predicted octanol–water partition coefficient (Wildman–Crippen LogP) is 5.43. The van der Waals surface area contributed by atoms with Crippen molar-refractivity contribution in [1.29, 1.82) is 0 Å². The molecule has 6 heteroatoms. The Morgan fingerprint density at radius 2 is 1.79 bits per heavy atom. The van der Waals surface area contributed by atoms with E-state index in [0.29, 0.717) is 21.6 Å². The van der Waals surface area contributed by atoms with Gasteiger partial charge >= 0.3 is 0 Å². The van der Waals surface area contributed by atoms with Crippen LogP contribution in [0, 0.1) is 11.6 Å². The van der Waals surface area contributed by atoms with Crippen LogP contribution in [0.2, 0.25) is 0 Å². The molecular weight excluding hydrogens is 330 g/mol. The highest BCUT2D eigenvalue weighted by atomic mass is 32.1. The molecule has 0 saturated heterocycles. The molecule has 4 rings (SSSR count). The van der Waals surface area contributed by atoms with Crippen LogP contribution in [0.15, 0.2) is 60.0 Å². The fraction of sp³-hybridized carbons (Fsp3) is 0. The molecule has 0 radical (unpaired) electrons. The van der Waals surface area contributed by atoms with Crippen molar-refractivity contribution < 1.29 is 13.5 Å². The molecule has 0 N–H and O–H groups in total. The van der Waals surface area contributed by atoms with E-state index in [1.54, 1.807) is 24.3 Å². The maximum Gasteiger partial charge on any atom is 0.241 e. The fourth-order valence-electron chi connectivity index (χ4n) is 2.29. The first-order valence-electron chi connectivity index (χ1n) is 7.14. The number of halogens is 2. The Morgan fingerprint density at radius 3 is 2.62 bits per heavy atom. The number of nitrogens with zero attached hydrogens (tertiary/aromatic N) is 2. The maximum atomic E-state index is 13.9. The van der Waals surface area contributed by atoms with Gasteiger partial charge in [-0.15, -0.1) is 11.3 Å². The molecule has 118 valence electrons. The van der Waals surface area contributed by atoms with Gasteiger partial charge in [-0.25, -0.2) is 13.8 Å². The van der Waals surface area contributed by atoms with Gasteiger partial charge in [0.25, 0.3) is 0 Å². The molecule has 0 aliphatic heterocycles. The Hall–Kier alpha value is -2.86. The highest BCUT2D eigenvalue weighted by Crippen LogP contribution is 2.34. The summed E-state index contributed by atoms with van der Waals surface area (Å²) in [7, 11) is 0. The second kappa shape index (κ2) is 5.98. The Morgan fingerprint density at radius 1 is 0.917 bits per heavy atom. The van der Waals surface area contributed by atoms with E-state index >= 15 is 0 Å². The Balaban J connectivity index is 1.85. The van der Waals surface area contributed by atoms with Gasteiger partial charge in [-0.05, 0) is 35.7 Å². The van der Waals surface area contributed by atoms with Crippen molar-refractivity contribution in [1.82, 2.24) is 9.97 Å². The van der Waals surface area contributed by atoms with Crippen LogP contribution in [0.25, 0.3) is 21.6 Å². The number of benzene rings is 2. The summed E-state index contributed by atoms with van der Waals surface area (Å²) in [4.78, 5) is 8.79. The first kappa shape index (κ1) is 14.7. The van der Waals surface area contributed by atoms with Crippen molar-refractivity contribution in [2.75, 3.05) is 0 Å². The minimum Gasteiger partial charge on any atom is -0.434 e. The number of para-hydroxylation sites is 1. The van der Waals surface area contributed by atoms with Gasteiger partial charge in [-0.3, -0.25) is 0 Å². The fourth-order valence-corrected chi connectivity index (χ4v) is 3.05. The molecule has 24 heavy (non-hydrogen) atoms. The Kier molecular flexibility index (Phi) is 3.66. The van der Waals surface area contributed by atoms with E-state index in [1.807, 2.05) is 11.4 Å². The third-order valence-corrected chi connectivity index (χ3v) is 4.29. The summed E-state index contributed by atoms with van der Waals surface area (Å²) in [6.07, 6.45) is 0. The lowest BCUT2D eigenvalue weighted by Gasteiger charge is -2.08. The lowest BCUT2D eigenvalue weighted by molar-refractivity contribution is 0.433. The molecule has 0 fully saturated rings. The largest absolute Gasteiger partial charge is 0.434 e. The molecule has 0 aliphatic carbocycles. The molecule has 0 saturated carbocycles. The summed E-state index contributed by atoms with van der Waals surface area (Å²) in [5.41, 5.74) is 1.20. The molecule has 0 amide bonds. The summed E-state index contributed by atoms with van der Waals surface area (Å²) < 4.78 is 33.7. The van der Waals surface area contributed by atoms with Crippen molar-refractivity contribution in [3.05, 3.63) is 71.6 Å². The van der Waals surface area contributed by atoms with Crippen LogP contribution in [0.1, 0.15) is 0 Å². The van der Waals surface area contributed by atoms with Crippen LogP contribution in [0.4, 0.5) is 8.78 Å². The average molecular weight is 340 g/mol. The van der Waals surface area contributed by atoms with Gasteiger partial charge < -0.3 is 4.74 Å². The summed E-state index contributed by atoms with van der Waals surface area (Å²) in [6.45, 7) is 0. The second-order valence-corrected chi connectivity index (χ2v) is 5.95. The summed E-state index contributed by atoms with van der Waals surface area (Å²) in [6, 6.07) is 13.9. The van der Waals surface area contributed by atoms with Crippen LogP contribution in [-0.4, -0.2) is 9.97 Å². The highest BCUT2D eigenvalue weighted by molar-refractivity contribution is 7.17. The molecule has 2 heterocycles. The standard InChI is InChI=1S/C18H10F2N2OS/c19-12-5-3-4-11(10-12)17-21-14-8-9-24-16(14)18(22-17)23-15-7-2-1-6-13(15)20/h1-10H. The molecule has 4 aromatic rings. The Bertz CT molecular complexity index is 1030. The average Bonchev–Trinajstić information content (AvgIpc) is 3.06. The van der Waals surface area contributed by atoms with Crippen molar-refractivity contribution >= 4 is 21.6 Å². The maximum absolute atomic E-state index is 13.9. The number of hydrogen-bond acceptors (Lipinski definition) is 4. The SMILES string of the molecule is Fc1cccc(-c2nc(Oc3ccccc3F)c3sccc3n2)c1. The summed E-state index contributed by atoms with van der Waals surface area (Å²) >= 11 is 1.40. The van der Waals surface area contributed by atoms with E-state index < -0.39 is 5.82 Å². The summed E-state index contributed by atoms with van der Waals surface area (Å²) in [5, 5.41) is 1.85. The van der Waals surface area contributed by atoms with E-state index in [1.165, 1.54) is 35.6 Å². The Labute approximate surface area is 140 Å². The number of fused-ring (bicyclic) bond motifs is 1. The molecule has 2 aromatic carbocycles. The minimum atomic E-state index is -0.479. The lowest BCUT2D eigenvalue weighted by Crippen LogP contribution is -1.96. The van der Waals surface area contributed by atoms with Crippen LogP contribution in [0.5, 0.6) is 11.6 Å². The van der Waals surface area contributed by atoms with Gasteiger partial charge in [-0.2, -0.15) is 4.98 Å². The number of thiophene rings is 1. The van der Waals surface area contributed by atoms with Crippen molar-refractivity contribution in [2.24, 2.45) is 0 Å². The summed E-state index contributed by atoms with van der Waals surface area (Å²) in [5.74, 6) is -0.201. The number of ether oxygens (including phenoxy) is 1. The van der Waals surface area contributed by atoms with Crippen molar-refractivity contribution in [3.8, 4) is 23.0 Å². The zero-order valence-electron chi connectivity index (χ0n) is 12.2. The molecule has 0 spiro atoms. The molecule has 2 aromatic heterocycles. The van der Waals surface area contributed by atoms with Gasteiger partial charge in [0.2, 0.25) is 5.88 Å². The quantitative estimate of drug-likeness (QED) is 0.499. The zero-order chi connectivity index (χ0) is 16.5. The van der Waals surface area contributed by atoms with Crippen LogP contribution >= 0.6 is 11.3 Å². The number of hydrogen-bond donors (Lipinski definition) is 0. The van der Waals surface area contributed by atoms with Crippen LogP contribution in [0.3, 0.4) is 0 Å². The van der Waals surface area contributed by atoms with E-state index in [2.05, 4.69) is 9.97 Å². The normalized spacial score (nSPS) is 10.9. The van der Waals surface area contributed by atoms with Gasteiger partial charge in [0, 0.05) is 5.56 Å². The molecule has 0 bridgehead atoms. The predicted molar refractivity (Wildman–Crippen MR) is 89.3 cm³/mol. The lowest BCUT2D eigenvalue weighted by atomic mass is 10.2. The van der Waals surface area contributed by atoms with Gasteiger partial charge in [0.05, 0.1) is 5.52 Å². The monoisotopic (exact) mass is 340 g/mol. The van der Waals surface area contributed by atoms with Crippen molar-refractivity contribution in [2.45, 2.75) is 0 Å². The van der Waals surface area contributed by atoms with Gasteiger partial charge in [-0.1, -0.05) is 24.3 Å². The zero-order valence-corrected chi connectivity index (χ0v) is 13.1. The van der Waals surface area contributed by atoms with Crippen LogP contribution < -0.4 is 4.74 Å². The van der Waals surface area contributed by atoms with Crippen molar-refractivity contribution in [3.63, 3.8) is 0 Å². The minimum absolute atomic E-state index is 0.0797. The number of rotatable bonds is 3. The smallest absolute Gasteiger partial charge is 0.241 e. The molecular formula is C18H10F2N2OS. The third-order valence-electron chi connectivity index (χ3n) is 3.40. The number of aromatic nitrogens is 2. The topological polar surface area (TPSA) is 35.0 Å². The van der Waals surface area contributed by atoms with Gasteiger partial charge in [0.1, 0.15) is 10.5 Å². The second-order valence-electron chi connectivity index (χ2n) is 5.03. The first-order valence-corrected chi connectivity index (χ1v) is 8.02. The molecule has 3 nitrogen and oxygen atoms in total. The van der Waals surface area contributed by atoms with E-state index in [4.69, 9.17) is 4.74 Å². The van der Waals surface area contributed by atoms with E-state index in [0.717, 1.165) is 0 Å². The highest BCUT2D eigenvalue weighted by Gasteiger charge is 2.14. The van der Waals surface area contributed by atoms with E-state index in [-0.39, 0.29) is 17.4 Å². The molecule has 0 atom stereocenters. The third kappa shape index (κ3) is 2.72. The first-order chi connectivity index (χ1) is 11.7. The van der Waals surface area contributed by atoms with E-state index in [9.17, 15) is 8.78 Å². The van der Waals surface area contributed by atoms with Gasteiger partial charge in [0.15, 0.2) is 17.4 Å². The molecule has 0 aliphatic rings. The molecule has 0 unspecified atom stereocenters.